The van der Waals surface area contributed by atoms with Gasteiger partial charge in [0.2, 0.25) is 0 Å². The van der Waals surface area contributed by atoms with Gasteiger partial charge in [0.05, 0.1) is 12.7 Å². The van der Waals surface area contributed by atoms with Crippen molar-refractivity contribution in [2.45, 2.75) is 64.4 Å². The van der Waals surface area contributed by atoms with E-state index in [1.807, 2.05) is 18.2 Å². The molecule has 2 N–H and O–H groups in total. The van der Waals surface area contributed by atoms with Crippen molar-refractivity contribution in [2.24, 2.45) is 0 Å². The van der Waals surface area contributed by atoms with Crippen LogP contribution in [0.2, 0.25) is 0 Å². The van der Waals surface area contributed by atoms with Crippen LogP contribution in [0.1, 0.15) is 58.3 Å². The number of carbonyl (C=O) groups excluding carboxylic acids is 1. The van der Waals surface area contributed by atoms with E-state index in [-0.39, 0.29) is 25.1 Å². The third kappa shape index (κ3) is 15.1. The first-order valence-corrected chi connectivity index (χ1v) is 7.98. The number of hydrogen-bond donors (Lipinski definition) is 2. The molecule has 0 aromatic heterocycles. The van der Waals surface area contributed by atoms with Gasteiger partial charge in [0, 0.05) is 13.0 Å². The highest BCUT2D eigenvalue weighted by atomic mass is 16.5. The van der Waals surface area contributed by atoms with Gasteiger partial charge in [-0.2, -0.15) is 0 Å². The average molecular weight is 298 g/mol. The van der Waals surface area contributed by atoms with Crippen molar-refractivity contribution in [3.63, 3.8) is 0 Å². The summed E-state index contributed by atoms with van der Waals surface area (Å²) in [5.74, 6) is -0.247. The number of unbranched alkanes of at least 4 members (excludes halogenated alkanes) is 3. The highest BCUT2D eigenvalue weighted by Gasteiger charge is 2.00. The first kappa shape index (κ1) is 19.9. The Morgan fingerprint density at radius 3 is 2.71 bits per heavy atom. The smallest absolute Gasteiger partial charge is 0.305 e. The summed E-state index contributed by atoms with van der Waals surface area (Å²) in [4.78, 5) is 11.1. The lowest BCUT2D eigenvalue weighted by Crippen LogP contribution is -2.06. The fourth-order valence-corrected chi connectivity index (χ4v) is 1.75. The lowest BCUT2D eigenvalue weighted by atomic mass is 10.1. The van der Waals surface area contributed by atoms with Gasteiger partial charge in [-0.15, -0.1) is 0 Å². The van der Waals surface area contributed by atoms with Gasteiger partial charge in [-0.05, 0) is 25.7 Å². The van der Waals surface area contributed by atoms with E-state index in [1.54, 1.807) is 6.08 Å². The maximum absolute atomic E-state index is 11.1. The van der Waals surface area contributed by atoms with Gasteiger partial charge in [0.1, 0.15) is 0 Å². The Hall–Kier alpha value is -1.13. The van der Waals surface area contributed by atoms with Gasteiger partial charge in [0.15, 0.2) is 0 Å². The molecule has 0 rings (SSSR count). The summed E-state index contributed by atoms with van der Waals surface area (Å²) < 4.78 is 5.00. The summed E-state index contributed by atoms with van der Waals surface area (Å²) in [7, 11) is 0. The van der Waals surface area contributed by atoms with Crippen LogP contribution < -0.4 is 0 Å². The predicted molar refractivity (Wildman–Crippen MR) is 84.9 cm³/mol. The summed E-state index contributed by atoms with van der Waals surface area (Å²) in [6.45, 7) is 2.58. The van der Waals surface area contributed by atoms with Crippen LogP contribution in [0.25, 0.3) is 0 Å². The number of aliphatic hydroxyl groups excluding tert-OH is 2. The van der Waals surface area contributed by atoms with E-state index >= 15 is 0 Å². The van der Waals surface area contributed by atoms with Gasteiger partial charge in [0.25, 0.3) is 0 Å². The number of esters is 1. The number of carbonyl (C=O) groups is 1. The maximum atomic E-state index is 11.1. The van der Waals surface area contributed by atoms with Crippen LogP contribution in [0.15, 0.2) is 24.3 Å². The molecular formula is C17H30O4. The van der Waals surface area contributed by atoms with Crippen LogP contribution in [-0.2, 0) is 9.53 Å². The van der Waals surface area contributed by atoms with E-state index in [1.165, 1.54) is 6.42 Å². The molecule has 122 valence electrons. The van der Waals surface area contributed by atoms with E-state index < -0.39 is 0 Å². The average Bonchev–Trinajstić information content (AvgIpc) is 2.48. The molecule has 0 saturated carbocycles. The number of ether oxygens (including phenoxy) is 1. The molecular weight excluding hydrogens is 268 g/mol. The molecule has 0 saturated heterocycles. The summed E-state index contributed by atoms with van der Waals surface area (Å²) in [6.07, 6.45) is 13.8. The van der Waals surface area contributed by atoms with Crippen molar-refractivity contribution in [3.05, 3.63) is 24.3 Å². The second kappa shape index (κ2) is 15.3. The van der Waals surface area contributed by atoms with E-state index in [0.717, 1.165) is 32.1 Å². The molecule has 0 aliphatic heterocycles. The number of aliphatic hydroxyl groups is 2. The van der Waals surface area contributed by atoms with Crippen LogP contribution >= 0.6 is 0 Å². The van der Waals surface area contributed by atoms with Crippen LogP contribution in [0.4, 0.5) is 0 Å². The first-order valence-electron chi connectivity index (χ1n) is 7.98. The minimum absolute atomic E-state index is 0.0223. The molecule has 0 fully saturated rings. The maximum Gasteiger partial charge on any atom is 0.305 e. The molecule has 0 aromatic rings. The first-order chi connectivity index (χ1) is 10.2. The van der Waals surface area contributed by atoms with Crippen molar-refractivity contribution in [2.75, 3.05) is 13.2 Å². The lowest BCUT2D eigenvalue weighted by Gasteiger charge is -2.03. The zero-order valence-corrected chi connectivity index (χ0v) is 13.2. The Kier molecular flexibility index (Phi) is 14.4. The van der Waals surface area contributed by atoms with Crippen molar-refractivity contribution < 1.29 is 19.7 Å². The van der Waals surface area contributed by atoms with E-state index in [2.05, 4.69) is 6.92 Å². The Balaban J connectivity index is 3.48. The highest BCUT2D eigenvalue weighted by molar-refractivity contribution is 5.69. The molecule has 21 heavy (non-hydrogen) atoms. The molecule has 0 heterocycles. The van der Waals surface area contributed by atoms with Gasteiger partial charge in [-0.3, -0.25) is 4.79 Å². The van der Waals surface area contributed by atoms with Crippen LogP contribution in [0, 0.1) is 0 Å². The fourth-order valence-electron chi connectivity index (χ4n) is 1.75. The number of allylic oxidation sites excluding steroid dienone is 3. The van der Waals surface area contributed by atoms with Gasteiger partial charge >= 0.3 is 5.97 Å². The monoisotopic (exact) mass is 298 g/mol. The molecule has 0 radical (unpaired) electrons. The minimum Gasteiger partial charge on any atom is -0.466 e. The van der Waals surface area contributed by atoms with Crippen molar-refractivity contribution in [3.8, 4) is 0 Å². The molecule has 4 heteroatoms. The standard InChI is InChI=1S/C17H30O4/c1-2-3-7-11-16(19)12-8-5-4-6-9-15-21-17(20)13-10-14-18/h4-5,8,12,16,18-19H,2-3,6-7,9-11,13-15H2,1H3/b5-4-,12-8+/t16-/m0/s1. The Labute approximate surface area is 128 Å². The highest BCUT2D eigenvalue weighted by Crippen LogP contribution is 2.04. The summed E-state index contributed by atoms with van der Waals surface area (Å²) in [5.41, 5.74) is 0. The van der Waals surface area contributed by atoms with Gasteiger partial charge in [-0.25, -0.2) is 0 Å². The van der Waals surface area contributed by atoms with Crippen molar-refractivity contribution in [1.82, 2.24) is 0 Å². The van der Waals surface area contributed by atoms with E-state index in [9.17, 15) is 9.90 Å². The van der Waals surface area contributed by atoms with Gasteiger partial charge < -0.3 is 14.9 Å². The molecule has 0 spiro atoms. The van der Waals surface area contributed by atoms with Crippen molar-refractivity contribution in [1.29, 1.82) is 0 Å². The molecule has 0 aromatic carbocycles. The van der Waals surface area contributed by atoms with Crippen molar-refractivity contribution >= 4 is 5.97 Å². The summed E-state index contributed by atoms with van der Waals surface area (Å²) >= 11 is 0. The second-order valence-corrected chi connectivity index (χ2v) is 5.07. The normalized spacial score (nSPS) is 13.1. The summed E-state index contributed by atoms with van der Waals surface area (Å²) in [6, 6.07) is 0. The predicted octanol–water partition coefficient (Wildman–Crippen LogP) is 3.14. The number of hydrogen-bond acceptors (Lipinski definition) is 4. The molecule has 4 nitrogen and oxygen atoms in total. The van der Waals surface area contributed by atoms with E-state index in [0.29, 0.717) is 13.0 Å². The Morgan fingerprint density at radius 2 is 2.00 bits per heavy atom. The molecule has 0 bridgehead atoms. The summed E-state index contributed by atoms with van der Waals surface area (Å²) in [5, 5.41) is 18.2. The molecule has 0 aliphatic carbocycles. The molecule has 0 aliphatic rings. The quantitative estimate of drug-likeness (QED) is 0.311. The molecule has 1 atom stereocenters. The third-order valence-electron chi connectivity index (χ3n) is 3.00. The van der Waals surface area contributed by atoms with Gasteiger partial charge in [-0.1, -0.05) is 50.5 Å². The molecule has 0 amide bonds. The Bertz CT molecular complexity index is 297. The largest absolute Gasteiger partial charge is 0.466 e. The third-order valence-corrected chi connectivity index (χ3v) is 3.00. The van der Waals surface area contributed by atoms with Crippen LogP contribution in [0.3, 0.4) is 0 Å². The zero-order chi connectivity index (χ0) is 15.8. The second-order valence-electron chi connectivity index (χ2n) is 5.07. The molecule has 0 unspecified atom stereocenters. The van der Waals surface area contributed by atoms with E-state index in [4.69, 9.17) is 9.84 Å². The lowest BCUT2D eigenvalue weighted by molar-refractivity contribution is -0.144. The number of rotatable bonds is 13. The Morgan fingerprint density at radius 1 is 1.19 bits per heavy atom. The zero-order valence-electron chi connectivity index (χ0n) is 13.2. The fraction of sp³-hybridized carbons (Fsp3) is 0.706. The van der Waals surface area contributed by atoms with Crippen LogP contribution in [0.5, 0.6) is 0 Å². The SMILES string of the molecule is CCCCC[C@H](O)/C=C/C=C\CCCOC(=O)CCCO. The topological polar surface area (TPSA) is 66.8 Å². The van der Waals surface area contributed by atoms with Crippen LogP contribution in [-0.4, -0.2) is 35.5 Å². The minimum atomic E-state index is -0.353.